The molecule has 3 aromatic heterocycles. The van der Waals surface area contributed by atoms with Gasteiger partial charge in [0.2, 0.25) is 5.88 Å². The van der Waals surface area contributed by atoms with E-state index in [9.17, 15) is 9.90 Å². The Morgan fingerprint density at radius 2 is 1.92 bits per heavy atom. The minimum atomic E-state index is -0.240. The van der Waals surface area contributed by atoms with Crippen molar-refractivity contribution in [3.05, 3.63) is 84.0 Å². The van der Waals surface area contributed by atoms with Crippen LogP contribution in [0.15, 0.2) is 78.4 Å². The minimum Gasteiger partial charge on any atom is -0.507 e. The maximum Gasteiger partial charge on any atom is 0.255 e. The molecule has 176 valence electrons. The topological polar surface area (TPSA) is 113 Å². The number of carbonyl (C=O) groups excluding carboxylic acids is 1. The summed E-state index contributed by atoms with van der Waals surface area (Å²) >= 11 is 1.55. The number of aromatic hydroxyl groups is 1. The number of aromatic amines is 1. The molecule has 3 aromatic carbocycles. The van der Waals surface area contributed by atoms with Crippen LogP contribution in [0.3, 0.4) is 0 Å². The molecule has 36 heavy (non-hydrogen) atoms. The lowest BCUT2D eigenvalue weighted by molar-refractivity contribution is 0.102. The zero-order valence-corrected chi connectivity index (χ0v) is 19.8. The second kappa shape index (κ2) is 8.79. The van der Waals surface area contributed by atoms with Gasteiger partial charge in [-0.15, -0.1) is 11.3 Å². The van der Waals surface area contributed by atoms with Gasteiger partial charge >= 0.3 is 0 Å². The van der Waals surface area contributed by atoms with Gasteiger partial charge in [0, 0.05) is 23.0 Å². The Kier molecular flexibility index (Phi) is 5.31. The number of thiazole rings is 1. The highest BCUT2D eigenvalue weighted by Crippen LogP contribution is 2.35. The number of nitrogens with one attached hydrogen (secondary N) is 2. The number of anilines is 1. The number of nitrogens with zero attached hydrogens (tertiary/aromatic N) is 3. The van der Waals surface area contributed by atoms with Gasteiger partial charge in [-0.1, -0.05) is 6.07 Å². The fourth-order valence-electron chi connectivity index (χ4n) is 4.08. The number of fused-ring (bicyclic) bond motifs is 2. The number of phenolic OH excluding ortho intramolecular Hbond substituents is 1. The van der Waals surface area contributed by atoms with Crippen molar-refractivity contribution in [1.82, 2.24) is 19.9 Å². The predicted octanol–water partition coefficient (Wildman–Crippen LogP) is 5.87. The van der Waals surface area contributed by atoms with Crippen LogP contribution >= 0.6 is 11.3 Å². The summed E-state index contributed by atoms with van der Waals surface area (Å²) in [5.74, 6) is 0.814. The van der Waals surface area contributed by atoms with Gasteiger partial charge in [-0.25, -0.2) is 15.0 Å². The number of ether oxygens (including phenoxy) is 1. The Morgan fingerprint density at radius 3 is 2.81 bits per heavy atom. The van der Waals surface area contributed by atoms with E-state index in [1.165, 1.54) is 0 Å². The molecule has 0 bridgehead atoms. The number of hydrogen-bond acceptors (Lipinski definition) is 7. The molecular formula is C27H19N5O3S. The number of rotatable bonds is 5. The van der Waals surface area contributed by atoms with E-state index in [0.29, 0.717) is 39.6 Å². The summed E-state index contributed by atoms with van der Waals surface area (Å²) in [5.41, 5.74) is 7.28. The second-order valence-electron chi connectivity index (χ2n) is 8.10. The standard InChI is InChI=1S/C27H19N5O3S/c1-35-27-18(3-2-10-28-27)15-5-8-23(33)19(11-15)25-31-20-7-4-16(12-21(20)32-25)26(34)30-17-6-9-24-22(13-17)29-14-36-24/h2-14,33H,1H3,(H,30,34)(H,31,32). The Labute approximate surface area is 209 Å². The lowest BCUT2D eigenvalue weighted by atomic mass is 10.0. The number of phenols is 1. The molecule has 9 heteroatoms. The van der Waals surface area contributed by atoms with Crippen LogP contribution in [0.5, 0.6) is 11.6 Å². The molecule has 0 saturated heterocycles. The lowest BCUT2D eigenvalue weighted by Gasteiger charge is -2.09. The molecule has 8 nitrogen and oxygen atoms in total. The van der Waals surface area contributed by atoms with Gasteiger partial charge in [-0.2, -0.15) is 0 Å². The summed E-state index contributed by atoms with van der Waals surface area (Å²) in [6, 6.07) is 19.9. The van der Waals surface area contributed by atoms with Crippen LogP contribution in [-0.4, -0.2) is 38.1 Å². The molecule has 0 radical (unpaired) electrons. The van der Waals surface area contributed by atoms with Crippen LogP contribution in [0, 0.1) is 0 Å². The third-order valence-electron chi connectivity index (χ3n) is 5.86. The smallest absolute Gasteiger partial charge is 0.255 e. The lowest BCUT2D eigenvalue weighted by Crippen LogP contribution is -2.11. The van der Waals surface area contributed by atoms with Gasteiger partial charge in [0.1, 0.15) is 11.6 Å². The maximum absolute atomic E-state index is 12.9. The number of amides is 1. The number of methoxy groups -OCH3 is 1. The number of benzene rings is 3. The number of aromatic nitrogens is 4. The highest BCUT2D eigenvalue weighted by molar-refractivity contribution is 7.16. The first-order chi connectivity index (χ1) is 17.6. The van der Waals surface area contributed by atoms with Gasteiger partial charge in [0.15, 0.2) is 0 Å². The molecule has 0 saturated carbocycles. The van der Waals surface area contributed by atoms with E-state index in [4.69, 9.17) is 4.74 Å². The van der Waals surface area contributed by atoms with Gasteiger partial charge in [0.25, 0.3) is 5.91 Å². The minimum absolute atomic E-state index is 0.0797. The molecule has 3 N–H and O–H groups in total. The number of carbonyl (C=O) groups is 1. The molecule has 0 fully saturated rings. The van der Waals surface area contributed by atoms with E-state index < -0.39 is 0 Å². The van der Waals surface area contributed by atoms with Gasteiger partial charge in [-0.3, -0.25) is 4.79 Å². The molecule has 1 amide bonds. The molecular weight excluding hydrogens is 474 g/mol. The van der Waals surface area contributed by atoms with Crippen LogP contribution < -0.4 is 10.1 Å². The summed E-state index contributed by atoms with van der Waals surface area (Å²) in [7, 11) is 1.57. The highest BCUT2D eigenvalue weighted by Gasteiger charge is 2.15. The molecule has 0 aliphatic heterocycles. The summed E-state index contributed by atoms with van der Waals surface area (Å²) in [5, 5.41) is 13.5. The van der Waals surface area contributed by atoms with Crippen LogP contribution in [0.4, 0.5) is 5.69 Å². The second-order valence-corrected chi connectivity index (χ2v) is 8.98. The first-order valence-electron chi connectivity index (χ1n) is 11.1. The number of hydrogen-bond donors (Lipinski definition) is 3. The average Bonchev–Trinajstić information content (AvgIpc) is 3.55. The summed E-state index contributed by atoms with van der Waals surface area (Å²) in [6.45, 7) is 0. The van der Waals surface area contributed by atoms with Gasteiger partial charge in [-0.05, 0) is 66.2 Å². The van der Waals surface area contributed by atoms with Crippen molar-refractivity contribution in [1.29, 1.82) is 0 Å². The van der Waals surface area contributed by atoms with E-state index in [0.717, 1.165) is 21.3 Å². The van der Waals surface area contributed by atoms with E-state index in [1.807, 2.05) is 36.4 Å². The third-order valence-corrected chi connectivity index (χ3v) is 6.67. The van der Waals surface area contributed by atoms with Crippen molar-refractivity contribution in [2.24, 2.45) is 0 Å². The van der Waals surface area contributed by atoms with E-state index in [-0.39, 0.29) is 11.7 Å². The van der Waals surface area contributed by atoms with Crippen molar-refractivity contribution in [2.75, 3.05) is 12.4 Å². The van der Waals surface area contributed by atoms with E-state index >= 15 is 0 Å². The molecule has 0 aliphatic rings. The first-order valence-corrected chi connectivity index (χ1v) is 11.9. The Bertz CT molecular complexity index is 1760. The fraction of sp³-hybridized carbons (Fsp3) is 0.0370. The molecule has 3 heterocycles. The van der Waals surface area contributed by atoms with Gasteiger partial charge in [0.05, 0.1) is 39.4 Å². The number of imidazole rings is 1. The van der Waals surface area contributed by atoms with Gasteiger partial charge < -0.3 is 20.1 Å². The molecule has 0 unspecified atom stereocenters. The normalized spacial score (nSPS) is 11.1. The number of H-pyrrole nitrogens is 1. The van der Waals surface area contributed by atoms with Crippen molar-refractivity contribution >= 4 is 44.2 Å². The van der Waals surface area contributed by atoms with Crippen molar-refractivity contribution in [2.45, 2.75) is 0 Å². The van der Waals surface area contributed by atoms with Crippen LogP contribution in [0.1, 0.15) is 10.4 Å². The molecule has 0 spiro atoms. The van der Waals surface area contributed by atoms with Crippen LogP contribution in [-0.2, 0) is 0 Å². The Balaban J connectivity index is 1.32. The van der Waals surface area contributed by atoms with E-state index in [2.05, 4.69) is 25.3 Å². The third kappa shape index (κ3) is 3.91. The highest BCUT2D eigenvalue weighted by atomic mass is 32.1. The quantitative estimate of drug-likeness (QED) is 0.277. The van der Waals surface area contributed by atoms with Crippen molar-refractivity contribution < 1.29 is 14.6 Å². The molecule has 0 atom stereocenters. The Morgan fingerprint density at radius 1 is 1.00 bits per heavy atom. The van der Waals surface area contributed by atoms with E-state index in [1.54, 1.807) is 60.5 Å². The molecule has 6 aromatic rings. The average molecular weight is 494 g/mol. The predicted molar refractivity (Wildman–Crippen MR) is 141 cm³/mol. The monoisotopic (exact) mass is 493 g/mol. The van der Waals surface area contributed by atoms with Crippen LogP contribution in [0.2, 0.25) is 0 Å². The fourth-order valence-corrected chi connectivity index (χ4v) is 4.74. The summed E-state index contributed by atoms with van der Waals surface area (Å²) < 4.78 is 6.44. The molecule has 0 aliphatic carbocycles. The SMILES string of the molecule is COc1ncccc1-c1ccc(O)c(-c2nc3ccc(C(=O)Nc4ccc5scnc5c4)cc3[nH]2)c1. The molecule has 6 rings (SSSR count). The zero-order chi connectivity index (χ0) is 24.6. The largest absolute Gasteiger partial charge is 0.507 e. The summed E-state index contributed by atoms with van der Waals surface area (Å²) in [6.07, 6.45) is 1.66. The maximum atomic E-state index is 12.9. The van der Waals surface area contributed by atoms with Crippen molar-refractivity contribution in [3.63, 3.8) is 0 Å². The summed E-state index contributed by atoms with van der Waals surface area (Å²) in [4.78, 5) is 29.3. The number of pyridine rings is 1. The van der Waals surface area contributed by atoms with Crippen molar-refractivity contribution in [3.8, 4) is 34.1 Å². The Hall–Kier alpha value is -4.76. The first kappa shape index (κ1) is 21.8. The van der Waals surface area contributed by atoms with Crippen LogP contribution in [0.25, 0.3) is 43.8 Å². The zero-order valence-electron chi connectivity index (χ0n) is 19.0.